The van der Waals surface area contributed by atoms with E-state index in [0.29, 0.717) is 0 Å². The predicted molar refractivity (Wildman–Crippen MR) is 67.6 cm³/mol. The molecular formula is C14H18N2O. The molecule has 2 aromatic heterocycles. The average molecular weight is 230 g/mol. The van der Waals surface area contributed by atoms with Crippen LogP contribution in [-0.4, -0.2) is 14.7 Å². The molecule has 2 rings (SSSR count). The van der Waals surface area contributed by atoms with Crippen molar-refractivity contribution in [2.45, 2.75) is 26.5 Å². The van der Waals surface area contributed by atoms with Crippen molar-refractivity contribution >= 4 is 0 Å². The first-order valence-electron chi connectivity index (χ1n) is 5.89. The van der Waals surface area contributed by atoms with E-state index in [9.17, 15) is 5.11 Å². The average Bonchev–Trinajstić information content (AvgIpc) is 2.77. The third kappa shape index (κ3) is 2.94. The van der Waals surface area contributed by atoms with Crippen LogP contribution in [0.25, 0.3) is 0 Å². The molecule has 0 spiro atoms. The minimum absolute atomic E-state index is 0.240. The molecule has 0 aliphatic carbocycles. The van der Waals surface area contributed by atoms with Crippen molar-refractivity contribution in [3.63, 3.8) is 0 Å². The molecule has 3 heteroatoms. The van der Waals surface area contributed by atoms with E-state index in [0.717, 1.165) is 17.7 Å². The largest absolute Gasteiger partial charge is 0.388 e. The van der Waals surface area contributed by atoms with E-state index in [1.165, 1.54) is 0 Å². The summed E-state index contributed by atoms with van der Waals surface area (Å²) in [5, 5.41) is 9.95. The zero-order chi connectivity index (χ0) is 12.3. The summed E-state index contributed by atoms with van der Waals surface area (Å²) in [4.78, 5) is 4.09. The van der Waals surface area contributed by atoms with Gasteiger partial charge in [-0.1, -0.05) is 19.9 Å². The number of hydrogen-bond acceptors (Lipinski definition) is 2. The highest BCUT2D eigenvalue weighted by Crippen LogP contribution is 2.21. The normalized spacial score (nSPS) is 12.9. The molecule has 0 saturated heterocycles. The highest BCUT2D eigenvalue weighted by atomic mass is 16.3. The Labute approximate surface area is 102 Å². The molecule has 90 valence electrons. The Hall–Kier alpha value is -1.61. The van der Waals surface area contributed by atoms with Crippen LogP contribution in [0.2, 0.25) is 0 Å². The van der Waals surface area contributed by atoms with Gasteiger partial charge in [0.25, 0.3) is 0 Å². The van der Waals surface area contributed by atoms with Gasteiger partial charge in [-0.3, -0.25) is 4.98 Å². The van der Waals surface area contributed by atoms with Gasteiger partial charge in [0.1, 0.15) is 0 Å². The summed E-state index contributed by atoms with van der Waals surface area (Å²) in [5.74, 6) is 0.240. The number of aliphatic hydroxyl groups is 1. The van der Waals surface area contributed by atoms with Crippen molar-refractivity contribution in [1.82, 2.24) is 9.55 Å². The summed E-state index contributed by atoms with van der Waals surface area (Å²) in [7, 11) is 0. The number of hydrogen-bond donors (Lipinski definition) is 1. The van der Waals surface area contributed by atoms with Gasteiger partial charge in [0.2, 0.25) is 0 Å². The molecule has 0 fully saturated rings. The maximum Gasteiger partial charge on any atom is 0.0827 e. The number of nitrogens with zero attached hydrogens (tertiary/aromatic N) is 2. The Morgan fingerprint density at radius 3 is 2.82 bits per heavy atom. The molecular weight excluding hydrogens is 212 g/mol. The number of aliphatic hydroxyl groups excluding tert-OH is 1. The Balaban J connectivity index is 2.09. The van der Waals surface area contributed by atoms with Crippen molar-refractivity contribution in [3.8, 4) is 0 Å². The minimum atomic E-state index is -0.384. The maximum absolute atomic E-state index is 9.95. The Morgan fingerprint density at radius 2 is 2.18 bits per heavy atom. The van der Waals surface area contributed by atoms with Crippen LogP contribution in [0.5, 0.6) is 0 Å². The Kier molecular flexibility index (Phi) is 3.59. The fourth-order valence-corrected chi connectivity index (χ4v) is 1.82. The van der Waals surface area contributed by atoms with Crippen LogP contribution >= 0.6 is 0 Å². The summed E-state index contributed by atoms with van der Waals surface area (Å²) in [5.41, 5.74) is 2.14. The second kappa shape index (κ2) is 5.15. The lowest BCUT2D eigenvalue weighted by Crippen LogP contribution is -2.04. The highest BCUT2D eigenvalue weighted by molar-refractivity contribution is 5.16. The molecule has 0 aliphatic heterocycles. The zero-order valence-electron chi connectivity index (χ0n) is 10.2. The first-order chi connectivity index (χ1) is 8.16. The third-order valence-electron chi connectivity index (χ3n) is 2.83. The Morgan fingerprint density at radius 1 is 1.35 bits per heavy atom. The van der Waals surface area contributed by atoms with E-state index in [2.05, 4.69) is 9.55 Å². The van der Waals surface area contributed by atoms with Crippen LogP contribution in [0.3, 0.4) is 0 Å². The van der Waals surface area contributed by atoms with Crippen molar-refractivity contribution in [3.05, 3.63) is 54.1 Å². The SMILES string of the molecule is CC(C)C(O)c1ccn(Cc2cccnc2)c1. The van der Waals surface area contributed by atoms with E-state index in [1.54, 1.807) is 6.20 Å². The van der Waals surface area contributed by atoms with Gasteiger partial charge in [0, 0.05) is 31.3 Å². The van der Waals surface area contributed by atoms with Gasteiger partial charge >= 0.3 is 0 Å². The lowest BCUT2D eigenvalue weighted by Gasteiger charge is -2.12. The minimum Gasteiger partial charge on any atom is -0.388 e. The van der Waals surface area contributed by atoms with Gasteiger partial charge in [-0.25, -0.2) is 0 Å². The molecule has 17 heavy (non-hydrogen) atoms. The molecule has 0 amide bonds. The van der Waals surface area contributed by atoms with Gasteiger partial charge in [0.05, 0.1) is 6.10 Å². The molecule has 1 N–H and O–H groups in total. The van der Waals surface area contributed by atoms with Gasteiger partial charge in [0.15, 0.2) is 0 Å². The smallest absolute Gasteiger partial charge is 0.0827 e. The van der Waals surface area contributed by atoms with Crippen LogP contribution in [-0.2, 0) is 6.54 Å². The number of pyridine rings is 1. The monoisotopic (exact) mass is 230 g/mol. The predicted octanol–water partition coefficient (Wildman–Crippen LogP) is 2.62. The first kappa shape index (κ1) is 11.9. The highest BCUT2D eigenvalue weighted by Gasteiger charge is 2.12. The summed E-state index contributed by atoms with van der Waals surface area (Å²) in [6.45, 7) is 4.82. The molecule has 0 aromatic carbocycles. The maximum atomic E-state index is 9.95. The molecule has 0 aliphatic rings. The molecule has 2 heterocycles. The van der Waals surface area contributed by atoms with Crippen molar-refractivity contribution in [2.75, 3.05) is 0 Å². The van der Waals surface area contributed by atoms with E-state index in [1.807, 2.05) is 50.6 Å². The second-order valence-corrected chi connectivity index (χ2v) is 4.67. The molecule has 0 bridgehead atoms. The van der Waals surface area contributed by atoms with Crippen molar-refractivity contribution in [1.29, 1.82) is 0 Å². The lowest BCUT2D eigenvalue weighted by atomic mass is 10.0. The zero-order valence-corrected chi connectivity index (χ0v) is 10.2. The van der Waals surface area contributed by atoms with Crippen molar-refractivity contribution in [2.24, 2.45) is 5.92 Å². The second-order valence-electron chi connectivity index (χ2n) is 4.67. The van der Waals surface area contributed by atoms with E-state index in [-0.39, 0.29) is 12.0 Å². The van der Waals surface area contributed by atoms with Gasteiger partial charge < -0.3 is 9.67 Å². The Bertz CT molecular complexity index is 462. The third-order valence-corrected chi connectivity index (χ3v) is 2.83. The van der Waals surface area contributed by atoms with Gasteiger partial charge in [-0.05, 0) is 29.2 Å². The first-order valence-corrected chi connectivity index (χ1v) is 5.89. The summed E-state index contributed by atoms with van der Waals surface area (Å²) < 4.78 is 2.07. The summed E-state index contributed by atoms with van der Waals surface area (Å²) >= 11 is 0. The van der Waals surface area contributed by atoms with E-state index >= 15 is 0 Å². The molecule has 1 unspecified atom stereocenters. The number of rotatable bonds is 4. The fraction of sp³-hybridized carbons (Fsp3) is 0.357. The quantitative estimate of drug-likeness (QED) is 0.876. The number of aromatic nitrogens is 2. The van der Waals surface area contributed by atoms with Gasteiger partial charge in [-0.2, -0.15) is 0 Å². The molecule has 3 nitrogen and oxygen atoms in total. The van der Waals surface area contributed by atoms with Crippen LogP contribution in [0.4, 0.5) is 0 Å². The lowest BCUT2D eigenvalue weighted by molar-refractivity contribution is 0.127. The van der Waals surface area contributed by atoms with Crippen molar-refractivity contribution < 1.29 is 5.11 Å². The molecule has 0 saturated carbocycles. The molecule has 0 radical (unpaired) electrons. The fourth-order valence-electron chi connectivity index (χ4n) is 1.82. The van der Waals surface area contributed by atoms with Crippen LogP contribution in [0.15, 0.2) is 43.0 Å². The standard InChI is InChI=1S/C14H18N2O/c1-11(2)14(17)13-5-7-16(10-13)9-12-4-3-6-15-8-12/h3-8,10-11,14,17H,9H2,1-2H3. The van der Waals surface area contributed by atoms with Crippen LogP contribution in [0.1, 0.15) is 31.1 Å². The van der Waals surface area contributed by atoms with Crippen LogP contribution in [0, 0.1) is 5.92 Å². The summed E-state index contributed by atoms with van der Waals surface area (Å²) in [6.07, 6.45) is 7.24. The van der Waals surface area contributed by atoms with E-state index in [4.69, 9.17) is 0 Å². The molecule has 1 atom stereocenters. The van der Waals surface area contributed by atoms with Gasteiger partial charge in [-0.15, -0.1) is 0 Å². The van der Waals surface area contributed by atoms with Crippen LogP contribution < -0.4 is 0 Å². The topological polar surface area (TPSA) is 38.0 Å². The van der Waals surface area contributed by atoms with E-state index < -0.39 is 0 Å². The summed E-state index contributed by atoms with van der Waals surface area (Å²) in [6, 6.07) is 5.95. The molecule has 2 aromatic rings.